The zero-order valence-corrected chi connectivity index (χ0v) is 23.2. The number of carbonyl (C=O) groups excluding carboxylic acids is 1. The van der Waals surface area contributed by atoms with Crippen LogP contribution in [-0.2, 0) is 4.74 Å². The summed E-state index contributed by atoms with van der Waals surface area (Å²) in [5.74, 6) is 0.675. The van der Waals surface area contributed by atoms with Crippen molar-refractivity contribution in [3.8, 4) is 11.1 Å². The van der Waals surface area contributed by atoms with E-state index in [1.165, 1.54) is 4.90 Å². The van der Waals surface area contributed by atoms with Gasteiger partial charge in [-0.1, -0.05) is 6.07 Å². The molecule has 228 valence electrons. The molecule has 11 nitrogen and oxygen atoms in total. The van der Waals surface area contributed by atoms with E-state index in [4.69, 9.17) is 14.8 Å². The lowest BCUT2D eigenvalue weighted by Gasteiger charge is -2.29. The van der Waals surface area contributed by atoms with Gasteiger partial charge in [0.25, 0.3) is 0 Å². The number of alkyl halides is 3. The molecule has 14 heteroatoms. The van der Waals surface area contributed by atoms with Gasteiger partial charge in [0.15, 0.2) is 0 Å². The second-order valence-corrected chi connectivity index (χ2v) is 11.1. The van der Waals surface area contributed by atoms with Gasteiger partial charge in [-0.15, -0.1) is 0 Å². The number of nitrogens with one attached hydrogen (secondary N) is 2. The standard InChI is InChI=1S/C28H35F3N6O5/c1-17-2-3-20(32-26(39)36-5-4-18(14-36)13-28(29,30)31)12-21(17)19-10-24(35-6-8-42-9-7-35)34-25(11-19)37-15-22(23(38)16-37)33-27(40)41/h2-3,10-12,18,22-23,33,38H,4-9,13-16H2,1H3,(H,32,39)(H,40,41)/t18-,22+,23+/m0/s1. The fraction of sp³-hybridized carbons (Fsp3) is 0.536. The van der Waals surface area contributed by atoms with Gasteiger partial charge < -0.3 is 40.3 Å². The second-order valence-electron chi connectivity index (χ2n) is 11.1. The molecule has 1 aromatic carbocycles. The maximum atomic E-state index is 12.9. The van der Waals surface area contributed by atoms with Crippen LogP contribution < -0.4 is 20.4 Å². The molecule has 0 spiro atoms. The van der Waals surface area contributed by atoms with Gasteiger partial charge in [-0.2, -0.15) is 13.2 Å². The first-order valence-corrected chi connectivity index (χ1v) is 14.0. The molecule has 2 aromatic rings. The van der Waals surface area contributed by atoms with Crippen LogP contribution in [-0.4, -0.2) is 103 Å². The maximum absolute atomic E-state index is 12.9. The van der Waals surface area contributed by atoms with E-state index < -0.39 is 42.8 Å². The van der Waals surface area contributed by atoms with Crippen LogP contribution in [0.1, 0.15) is 18.4 Å². The Balaban J connectivity index is 1.40. The van der Waals surface area contributed by atoms with Crippen molar-refractivity contribution < 1.29 is 37.7 Å². The number of aromatic nitrogens is 1. The van der Waals surface area contributed by atoms with E-state index in [0.29, 0.717) is 50.0 Å². The first-order valence-electron chi connectivity index (χ1n) is 14.0. The summed E-state index contributed by atoms with van der Waals surface area (Å²) in [4.78, 5) is 34.3. The number of pyridine rings is 1. The number of carbonyl (C=O) groups is 2. The number of halogens is 3. The van der Waals surface area contributed by atoms with Crippen molar-refractivity contribution in [2.45, 2.75) is 38.1 Å². The van der Waals surface area contributed by atoms with Crippen molar-refractivity contribution in [1.29, 1.82) is 0 Å². The zero-order valence-electron chi connectivity index (χ0n) is 23.2. The summed E-state index contributed by atoms with van der Waals surface area (Å²) >= 11 is 0. The fourth-order valence-electron chi connectivity index (χ4n) is 5.77. The van der Waals surface area contributed by atoms with Crippen LogP contribution in [0.15, 0.2) is 30.3 Å². The molecule has 0 saturated carbocycles. The Kier molecular flexibility index (Phi) is 8.64. The predicted molar refractivity (Wildman–Crippen MR) is 150 cm³/mol. The first kappa shape index (κ1) is 29.7. The lowest BCUT2D eigenvalue weighted by molar-refractivity contribution is -0.143. The molecule has 0 unspecified atom stereocenters. The Bertz CT molecular complexity index is 1310. The topological polar surface area (TPSA) is 130 Å². The third kappa shape index (κ3) is 7.16. The molecule has 0 radical (unpaired) electrons. The molecule has 3 saturated heterocycles. The van der Waals surface area contributed by atoms with Crippen molar-refractivity contribution in [2.24, 2.45) is 5.92 Å². The number of benzene rings is 1. The number of carboxylic acid groups (broad SMARTS) is 1. The third-order valence-corrected chi connectivity index (χ3v) is 7.95. The molecule has 0 bridgehead atoms. The summed E-state index contributed by atoms with van der Waals surface area (Å²) < 4.78 is 43.9. The number of rotatable bonds is 6. The molecule has 3 atom stereocenters. The smallest absolute Gasteiger partial charge is 0.405 e. The highest BCUT2D eigenvalue weighted by Gasteiger charge is 2.37. The minimum atomic E-state index is -4.26. The molecule has 4 N–H and O–H groups in total. The van der Waals surface area contributed by atoms with Gasteiger partial charge in [-0.3, -0.25) is 0 Å². The van der Waals surface area contributed by atoms with Crippen LogP contribution in [0.25, 0.3) is 11.1 Å². The van der Waals surface area contributed by atoms with Gasteiger partial charge in [-0.25, -0.2) is 14.6 Å². The van der Waals surface area contributed by atoms with Crippen LogP contribution in [0.4, 0.5) is 40.1 Å². The Morgan fingerprint density at radius 2 is 1.76 bits per heavy atom. The highest BCUT2D eigenvalue weighted by molar-refractivity contribution is 5.91. The van der Waals surface area contributed by atoms with Gasteiger partial charge >= 0.3 is 18.3 Å². The highest BCUT2D eigenvalue weighted by Crippen LogP contribution is 2.34. The molecular formula is C28H35F3N6O5. The summed E-state index contributed by atoms with van der Waals surface area (Å²) in [7, 11) is 0. The largest absolute Gasteiger partial charge is 0.465 e. The Labute approximate surface area is 241 Å². The first-order chi connectivity index (χ1) is 19.9. The molecule has 3 aliphatic rings. The number of anilines is 3. The summed E-state index contributed by atoms with van der Waals surface area (Å²) in [5.41, 5.74) is 3.07. The molecule has 1 aromatic heterocycles. The summed E-state index contributed by atoms with van der Waals surface area (Å²) in [5, 5.41) is 24.8. The van der Waals surface area contributed by atoms with Crippen molar-refractivity contribution in [2.75, 3.05) is 67.6 Å². The summed E-state index contributed by atoms with van der Waals surface area (Å²) in [6, 6.07) is 8.15. The number of urea groups is 1. The van der Waals surface area contributed by atoms with Crippen LogP contribution in [0, 0.1) is 12.8 Å². The molecular weight excluding hydrogens is 557 g/mol. The normalized spacial score (nSPS) is 22.9. The number of aliphatic hydroxyl groups excluding tert-OH is 1. The minimum Gasteiger partial charge on any atom is -0.465 e. The quantitative estimate of drug-likeness (QED) is 0.401. The van der Waals surface area contributed by atoms with E-state index in [1.807, 2.05) is 36.1 Å². The van der Waals surface area contributed by atoms with Gasteiger partial charge in [-0.05, 0) is 60.2 Å². The number of likely N-dealkylation sites (tertiary alicyclic amines) is 1. The van der Waals surface area contributed by atoms with Gasteiger partial charge in [0.05, 0.1) is 25.4 Å². The Hall–Kier alpha value is -3.78. The summed E-state index contributed by atoms with van der Waals surface area (Å²) in [6.45, 7) is 5.08. The lowest BCUT2D eigenvalue weighted by Crippen LogP contribution is -2.42. The number of amides is 3. The van der Waals surface area contributed by atoms with Gasteiger partial charge in [0.2, 0.25) is 0 Å². The molecule has 3 fully saturated rings. The van der Waals surface area contributed by atoms with Crippen LogP contribution in [0.3, 0.4) is 0 Å². The number of β-amino-alcohol motifs (C(OH)–C–C–N with tert-alkyl or cyclic N) is 1. The maximum Gasteiger partial charge on any atom is 0.405 e. The van der Waals surface area contributed by atoms with Crippen LogP contribution in [0.5, 0.6) is 0 Å². The average molecular weight is 593 g/mol. The number of ether oxygens (including phenoxy) is 1. The van der Waals surface area contributed by atoms with Crippen molar-refractivity contribution in [1.82, 2.24) is 15.2 Å². The van der Waals surface area contributed by atoms with Gasteiger partial charge in [0.1, 0.15) is 11.6 Å². The van der Waals surface area contributed by atoms with E-state index in [2.05, 4.69) is 15.5 Å². The number of hydrogen-bond donors (Lipinski definition) is 4. The SMILES string of the molecule is Cc1ccc(NC(=O)N2CC[C@@H](CC(F)(F)F)C2)cc1-c1cc(N2CCOCC2)nc(N2C[C@@H](O)[C@H](NC(=O)O)C2)c1. The Morgan fingerprint density at radius 3 is 2.45 bits per heavy atom. The number of aryl methyl sites for hydroxylation is 1. The zero-order chi connectivity index (χ0) is 30.0. The molecule has 42 heavy (non-hydrogen) atoms. The molecule has 3 amide bonds. The van der Waals surface area contributed by atoms with Crippen molar-refractivity contribution in [3.63, 3.8) is 0 Å². The minimum absolute atomic E-state index is 0.0557. The van der Waals surface area contributed by atoms with E-state index in [-0.39, 0.29) is 26.2 Å². The van der Waals surface area contributed by atoms with E-state index in [9.17, 15) is 27.9 Å². The van der Waals surface area contributed by atoms with E-state index in [0.717, 1.165) is 16.7 Å². The number of hydrogen-bond acceptors (Lipinski definition) is 7. The van der Waals surface area contributed by atoms with Crippen LogP contribution >= 0.6 is 0 Å². The summed E-state index contributed by atoms with van der Waals surface area (Å²) in [6.07, 6.45) is -6.96. The van der Waals surface area contributed by atoms with Crippen molar-refractivity contribution >= 4 is 29.4 Å². The molecule has 0 aliphatic carbocycles. The molecule has 5 rings (SSSR count). The van der Waals surface area contributed by atoms with E-state index >= 15 is 0 Å². The van der Waals surface area contributed by atoms with Gasteiger partial charge in [0, 0.05) is 51.4 Å². The third-order valence-electron chi connectivity index (χ3n) is 7.95. The number of morpholine rings is 1. The fourth-order valence-corrected chi connectivity index (χ4v) is 5.77. The Morgan fingerprint density at radius 1 is 1.05 bits per heavy atom. The van der Waals surface area contributed by atoms with Crippen LogP contribution in [0.2, 0.25) is 0 Å². The molecule has 4 heterocycles. The monoisotopic (exact) mass is 592 g/mol. The molecule has 3 aliphatic heterocycles. The average Bonchev–Trinajstić information content (AvgIpc) is 3.55. The highest BCUT2D eigenvalue weighted by atomic mass is 19.4. The van der Waals surface area contributed by atoms with E-state index in [1.54, 1.807) is 6.07 Å². The second kappa shape index (κ2) is 12.2. The lowest BCUT2D eigenvalue weighted by atomic mass is 10.00. The predicted octanol–water partition coefficient (Wildman–Crippen LogP) is 3.52. The number of aliphatic hydroxyl groups is 1. The number of nitrogens with zero attached hydrogens (tertiary/aromatic N) is 4. The van der Waals surface area contributed by atoms with Crippen molar-refractivity contribution in [3.05, 3.63) is 35.9 Å².